The van der Waals surface area contributed by atoms with E-state index in [1.165, 1.54) is 0 Å². The third-order valence-electron chi connectivity index (χ3n) is 6.84. The number of halogens is 2. The summed E-state index contributed by atoms with van der Waals surface area (Å²) >= 11 is 12.2. The molecule has 3 fully saturated rings. The summed E-state index contributed by atoms with van der Waals surface area (Å²) in [5.41, 5.74) is -3.23. The summed E-state index contributed by atoms with van der Waals surface area (Å²) in [6.45, 7) is 2.07. The second-order valence-corrected chi connectivity index (χ2v) is 8.78. The van der Waals surface area contributed by atoms with Crippen molar-refractivity contribution in [3.63, 3.8) is 0 Å². The highest BCUT2D eigenvalue weighted by atomic mass is 35.5. The molecule has 0 amide bonds. The highest BCUT2D eigenvalue weighted by Crippen LogP contribution is 2.70. The molecule has 1 N–H and O–H groups in total. The quantitative estimate of drug-likeness (QED) is 0.699. The van der Waals surface area contributed by atoms with Crippen LogP contribution in [0.1, 0.15) is 44.3 Å². The van der Waals surface area contributed by atoms with Gasteiger partial charge in [0.2, 0.25) is 17.1 Å². The van der Waals surface area contributed by atoms with Crippen LogP contribution < -0.4 is 0 Å². The molecule has 2 bridgehead atoms. The summed E-state index contributed by atoms with van der Waals surface area (Å²) < 4.78 is 12.3. The molecule has 1 aromatic carbocycles. The van der Waals surface area contributed by atoms with Crippen LogP contribution in [-0.4, -0.2) is 11.7 Å². The van der Waals surface area contributed by atoms with Gasteiger partial charge in [-0.05, 0) is 36.5 Å². The fourth-order valence-corrected chi connectivity index (χ4v) is 5.57. The summed E-state index contributed by atoms with van der Waals surface area (Å²) in [5.74, 6) is -1.81. The monoisotopic (exact) mass is 428 g/mol. The molecule has 148 valence electrons. The number of hydrogen-bond acceptors (Lipinski definition) is 6. The minimum atomic E-state index is -1.96. The number of ether oxygens (including phenoxy) is 2. The highest BCUT2D eigenvalue weighted by Gasteiger charge is 2.80. The van der Waals surface area contributed by atoms with Gasteiger partial charge in [-0.2, -0.15) is 15.8 Å². The lowest BCUT2D eigenvalue weighted by Crippen LogP contribution is -2.61. The molecule has 0 aromatic heterocycles. The van der Waals surface area contributed by atoms with Crippen molar-refractivity contribution in [2.24, 2.45) is 22.7 Å². The average molecular weight is 429 g/mol. The van der Waals surface area contributed by atoms with Crippen molar-refractivity contribution in [1.29, 1.82) is 21.2 Å². The van der Waals surface area contributed by atoms with E-state index in [0.29, 0.717) is 29.3 Å². The van der Waals surface area contributed by atoms with Crippen molar-refractivity contribution in [1.82, 2.24) is 0 Å². The first-order valence-electron chi connectivity index (χ1n) is 9.48. The predicted molar refractivity (Wildman–Crippen MR) is 105 cm³/mol. The van der Waals surface area contributed by atoms with Gasteiger partial charge in [-0.15, -0.1) is 0 Å². The fourth-order valence-electron chi connectivity index (χ4n) is 5.26. The maximum atomic E-state index is 10.3. The largest absolute Gasteiger partial charge is 0.447 e. The van der Waals surface area contributed by atoms with Gasteiger partial charge in [0.05, 0.1) is 34.2 Å². The molecule has 2 saturated heterocycles. The van der Waals surface area contributed by atoms with Crippen LogP contribution in [0.25, 0.3) is 0 Å². The van der Waals surface area contributed by atoms with Gasteiger partial charge in [-0.25, -0.2) is 0 Å². The van der Waals surface area contributed by atoms with E-state index < -0.39 is 28.6 Å². The first kappa shape index (κ1) is 20.0. The maximum Gasteiger partial charge on any atom is 0.217 e. The van der Waals surface area contributed by atoms with Gasteiger partial charge in [0, 0.05) is 6.42 Å². The summed E-state index contributed by atoms with van der Waals surface area (Å²) in [7, 11) is 0. The molecule has 2 heterocycles. The molecule has 8 heteroatoms. The van der Waals surface area contributed by atoms with Crippen LogP contribution in [0.3, 0.4) is 0 Å². The lowest BCUT2D eigenvalue weighted by molar-refractivity contribution is -0.299. The Morgan fingerprint density at radius 3 is 2.48 bits per heavy atom. The Hall–Kier alpha value is -2.30. The number of nitrogens with one attached hydrogen (secondary N) is 1. The first-order chi connectivity index (χ1) is 13.8. The Balaban J connectivity index is 1.97. The third-order valence-corrected chi connectivity index (χ3v) is 7.58. The molecular formula is C21H18Cl2N4O2. The molecule has 0 radical (unpaired) electrons. The minimum absolute atomic E-state index is 0.251. The zero-order valence-electron chi connectivity index (χ0n) is 15.7. The van der Waals surface area contributed by atoms with Gasteiger partial charge in [-0.1, -0.05) is 42.6 Å². The van der Waals surface area contributed by atoms with Crippen LogP contribution in [0.5, 0.6) is 0 Å². The molecule has 5 atom stereocenters. The Morgan fingerprint density at radius 2 is 1.90 bits per heavy atom. The molecule has 1 aliphatic carbocycles. The Labute approximate surface area is 179 Å². The molecule has 0 spiro atoms. The van der Waals surface area contributed by atoms with E-state index >= 15 is 0 Å². The van der Waals surface area contributed by atoms with Crippen LogP contribution in [-0.2, 0) is 9.47 Å². The zero-order valence-corrected chi connectivity index (χ0v) is 17.2. The third kappa shape index (κ3) is 2.33. The summed E-state index contributed by atoms with van der Waals surface area (Å²) in [5, 5.41) is 39.9. The van der Waals surface area contributed by atoms with Gasteiger partial charge >= 0.3 is 0 Å². The summed E-state index contributed by atoms with van der Waals surface area (Å²) in [4.78, 5) is 0. The molecule has 29 heavy (non-hydrogen) atoms. The van der Waals surface area contributed by atoms with Gasteiger partial charge < -0.3 is 9.47 Å². The zero-order chi connectivity index (χ0) is 21.0. The van der Waals surface area contributed by atoms with E-state index in [0.717, 1.165) is 12.8 Å². The molecule has 1 saturated carbocycles. The predicted octanol–water partition coefficient (Wildman–Crippen LogP) is 5.14. The van der Waals surface area contributed by atoms with Gasteiger partial charge in [0.15, 0.2) is 5.41 Å². The van der Waals surface area contributed by atoms with Crippen molar-refractivity contribution in [2.75, 3.05) is 0 Å². The van der Waals surface area contributed by atoms with Crippen molar-refractivity contribution in [3.05, 3.63) is 33.8 Å². The van der Waals surface area contributed by atoms with Gasteiger partial charge in [0.1, 0.15) is 6.10 Å². The first-order valence-corrected chi connectivity index (χ1v) is 10.2. The van der Waals surface area contributed by atoms with Crippen LogP contribution >= 0.6 is 23.2 Å². The molecule has 4 rings (SSSR count). The van der Waals surface area contributed by atoms with E-state index in [-0.39, 0.29) is 10.9 Å². The molecule has 3 aliphatic rings. The van der Waals surface area contributed by atoms with Gasteiger partial charge in [0.25, 0.3) is 0 Å². The molecule has 5 unspecified atom stereocenters. The fraction of sp³-hybridized carbons (Fsp3) is 0.524. The number of rotatable bonds is 2. The smallest absolute Gasteiger partial charge is 0.217 e. The van der Waals surface area contributed by atoms with Crippen LogP contribution in [0.2, 0.25) is 10.0 Å². The number of benzene rings is 1. The minimum Gasteiger partial charge on any atom is -0.447 e. The van der Waals surface area contributed by atoms with Crippen molar-refractivity contribution in [3.8, 4) is 18.2 Å². The van der Waals surface area contributed by atoms with E-state index in [2.05, 4.69) is 25.1 Å². The number of nitriles is 3. The van der Waals surface area contributed by atoms with Crippen molar-refractivity contribution in [2.45, 2.75) is 44.5 Å². The lowest BCUT2D eigenvalue weighted by atomic mass is 9.50. The normalized spacial score (nSPS) is 36.8. The standard InChI is InChI=1S/C21H18Cl2N4O2/c1-2-12-5-6-21-16(7-12)20(11-26,18(27)29-21)19(9-24,10-25)17(28-21)13-3-4-14(22)15(23)8-13/h3-4,8,12,16-17,27H,2,5-7H2,1H3. The highest BCUT2D eigenvalue weighted by molar-refractivity contribution is 6.42. The van der Waals surface area contributed by atoms with Crippen LogP contribution in [0.15, 0.2) is 18.2 Å². The van der Waals surface area contributed by atoms with Crippen LogP contribution in [0, 0.1) is 62.1 Å². The van der Waals surface area contributed by atoms with Crippen LogP contribution in [0.4, 0.5) is 0 Å². The molecule has 6 nitrogen and oxygen atoms in total. The van der Waals surface area contributed by atoms with Crippen molar-refractivity contribution >= 4 is 29.1 Å². The lowest BCUT2D eigenvalue weighted by Gasteiger charge is -2.52. The second kappa shape index (κ2) is 6.61. The summed E-state index contributed by atoms with van der Waals surface area (Å²) in [6.07, 6.45) is 1.67. The second-order valence-electron chi connectivity index (χ2n) is 7.97. The number of hydrogen-bond donors (Lipinski definition) is 1. The van der Waals surface area contributed by atoms with E-state index in [4.69, 9.17) is 38.1 Å². The van der Waals surface area contributed by atoms with E-state index in [1.54, 1.807) is 18.2 Å². The van der Waals surface area contributed by atoms with Crippen molar-refractivity contribution < 1.29 is 9.47 Å². The SMILES string of the molecule is CCC1CCC23OC(=N)C(C#N)(C2C1)C(C#N)(C#N)C(c1ccc(Cl)c(Cl)c1)O3. The molecular weight excluding hydrogens is 411 g/mol. The van der Waals surface area contributed by atoms with E-state index in [1.807, 2.05) is 0 Å². The molecule has 2 aliphatic heterocycles. The van der Waals surface area contributed by atoms with Gasteiger partial charge in [-0.3, -0.25) is 5.41 Å². The Morgan fingerprint density at radius 1 is 1.17 bits per heavy atom. The molecule has 1 aromatic rings. The average Bonchev–Trinajstić information content (AvgIpc) is 2.93. The summed E-state index contributed by atoms with van der Waals surface area (Å²) in [6, 6.07) is 11.0. The Bertz CT molecular complexity index is 1010. The maximum absolute atomic E-state index is 10.3. The topological polar surface area (TPSA) is 114 Å². The van der Waals surface area contributed by atoms with E-state index in [9.17, 15) is 15.8 Å². The number of nitrogens with zero attached hydrogens (tertiary/aromatic N) is 3. The Kier molecular flexibility index (Phi) is 4.56.